The van der Waals surface area contributed by atoms with Crippen LogP contribution in [0.5, 0.6) is 5.88 Å². The van der Waals surface area contributed by atoms with Gasteiger partial charge in [0, 0.05) is 38.1 Å². The molecule has 2 aromatic rings. The smallest absolute Gasteiger partial charge is 0.212 e. The van der Waals surface area contributed by atoms with Crippen molar-refractivity contribution in [1.29, 1.82) is 0 Å². The molecule has 0 bridgehead atoms. The highest BCUT2D eigenvalue weighted by Crippen LogP contribution is 2.26. The molecular weight excluding hydrogens is 264 g/mol. The maximum Gasteiger partial charge on any atom is 0.212 e. The van der Waals surface area contributed by atoms with Gasteiger partial charge in [-0.05, 0) is 30.5 Å². The van der Waals surface area contributed by atoms with E-state index in [1.54, 1.807) is 7.11 Å². The van der Waals surface area contributed by atoms with E-state index in [9.17, 15) is 0 Å². The number of pyridine rings is 2. The Kier molecular flexibility index (Phi) is 4.19. The largest absolute Gasteiger partial charge is 0.481 e. The van der Waals surface area contributed by atoms with E-state index in [-0.39, 0.29) is 0 Å². The highest BCUT2D eigenvalue weighted by molar-refractivity contribution is 5.65. The minimum absolute atomic E-state index is 0.637. The first-order valence-electron chi connectivity index (χ1n) is 7.29. The molecule has 0 aromatic carbocycles. The van der Waals surface area contributed by atoms with E-state index < -0.39 is 0 Å². The predicted molar refractivity (Wildman–Crippen MR) is 83.8 cm³/mol. The normalized spacial score (nSPS) is 14.2. The van der Waals surface area contributed by atoms with E-state index in [0.717, 1.165) is 36.7 Å². The van der Waals surface area contributed by atoms with E-state index in [2.05, 4.69) is 26.3 Å². The van der Waals surface area contributed by atoms with Crippen molar-refractivity contribution in [3.05, 3.63) is 42.2 Å². The van der Waals surface area contributed by atoms with Crippen LogP contribution in [0.1, 0.15) is 18.4 Å². The number of rotatable bonds is 5. The van der Waals surface area contributed by atoms with E-state index in [1.165, 1.54) is 12.8 Å². The average molecular weight is 284 g/mol. The summed E-state index contributed by atoms with van der Waals surface area (Å²) in [6.07, 6.45) is 6.18. The summed E-state index contributed by atoms with van der Waals surface area (Å²) in [6.45, 7) is 2.91. The number of ether oxygens (including phenoxy) is 1. The van der Waals surface area contributed by atoms with Gasteiger partial charge in [-0.3, -0.25) is 0 Å². The summed E-state index contributed by atoms with van der Waals surface area (Å²) in [5.74, 6) is 1.69. The van der Waals surface area contributed by atoms with E-state index >= 15 is 0 Å². The Morgan fingerprint density at radius 3 is 2.76 bits per heavy atom. The zero-order valence-corrected chi connectivity index (χ0v) is 12.2. The van der Waals surface area contributed by atoms with Gasteiger partial charge in [-0.1, -0.05) is 6.07 Å². The van der Waals surface area contributed by atoms with Crippen LogP contribution < -0.4 is 15.0 Å². The quantitative estimate of drug-likeness (QED) is 0.915. The fourth-order valence-corrected chi connectivity index (χ4v) is 2.55. The van der Waals surface area contributed by atoms with Gasteiger partial charge in [-0.2, -0.15) is 0 Å². The van der Waals surface area contributed by atoms with Crippen LogP contribution in [0.4, 0.5) is 11.5 Å². The lowest BCUT2D eigenvalue weighted by molar-refractivity contribution is 0.397. The summed E-state index contributed by atoms with van der Waals surface area (Å²) in [5, 5.41) is 3.46. The number of nitrogens with one attached hydrogen (secondary N) is 1. The minimum Gasteiger partial charge on any atom is -0.481 e. The van der Waals surface area contributed by atoms with Crippen LogP contribution in [0.3, 0.4) is 0 Å². The molecule has 0 spiro atoms. The SMILES string of the molecule is COc1ccc(CNc2cccnc2N2CCCC2)cn1. The van der Waals surface area contributed by atoms with Crippen LogP contribution in [0.2, 0.25) is 0 Å². The number of nitrogens with zero attached hydrogens (tertiary/aromatic N) is 3. The molecule has 0 radical (unpaired) electrons. The molecule has 5 heteroatoms. The molecule has 0 aliphatic carbocycles. The van der Waals surface area contributed by atoms with Crippen LogP contribution in [-0.4, -0.2) is 30.2 Å². The Balaban J connectivity index is 1.69. The lowest BCUT2D eigenvalue weighted by Crippen LogP contribution is -2.20. The summed E-state index contributed by atoms with van der Waals surface area (Å²) in [6, 6.07) is 7.94. The first kappa shape index (κ1) is 13.7. The molecule has 0 atom stereocenters. The molecule has 1 aliphatic rings. The van der Waals surface area contributed by atoms with E-state index in [0.29, 0.717) is 5.88 Å². The van der Waals surface area contributed by atoms with Crippen molar-refractivity contribution in [3.8, 4) is 5.88 Å². The maximum absolute atomic E-state index is 5.07. The van der Waals surface area contributed by atoms with Gasteiger partial charge in [-0.15, -0.1) is 0 Å². The second kappa shape index (κ2) is 6.43. The summed E-state index contributed by atoms with van der Waals surface area (Å²) >= 11 is 0. The molecule has 21 heavy (non-hydrogen) atoms. The number of aromatic nitrogens is 2. The van der Waals surface area contributed by atoms with Gasteiger partial charge in [0.1, 0.15) is 0 Å². The van der Waals surface area contributed by atoms with Crippen LogP contribution in [0.15, 0.2) is 36.7 Å². The lowest BCUT2D eigenvalue weighted by Gasteiger charge is -2.20. The summed E-state index contributed by atoms with van der Waals surface area (Å²) in [7, 11) is 1.62. The molecule has 0 unspecified atom stereocenters. The second-order valence-electron chi connectivity index (χ2n) is 5.13. The Morgan fingerprint density at radius 2 is 2.05 bits per heavy atom. The zero-order chi connectivity index (χ0) is 14.5. The standard InChI is InChI=1S/C16H20N4O/c1-21-15-7-6-13(12-19-15)11-18-14-5-4-8-17-16(14)20-9-2-3-10-20/h4-8,12,18H,2-3,9-11H2,1H3. The monoisotopic (exact) mass is 284 g/mol. The Morgan fingerprint density at radius 1 is 1.19 bits per heavy atom. The van der Waals surface area contributed by atoms with Gasteiger partial charge in [0.05, 0.1) is 12.8 Å². The third kappa shape index (κ3) is 3.24. The zero-order valence-electron chi connectivity index (χ0n) is 12.2. The van der Waals surface area contributed by atoms with Crippen LogP contribution in [0, 0.1) is 0 Å². The molecule has 0 amide bonds. The lowest BCUT2D eigenvalue weighted by atomic mass is 10.2. The van der Waals surface area contributed by atoms with Crippen molar-refractivity contribution in [3.63, 3.8) is 0 Å². The summed E-state index contributed by atoms with van der Waals surface area (Å²) in [4.78, 5) is 11.1. The number of hydrogen-bond acceptors (Lipinski definition) is 5. The first-order chi connectivity index (χ1) is 10.4. The van der Waals surface area contributed by atoms with Crippen LogP contribution in [0.25, 0.3) is 0 Å². The topological polar surface area (TPSA) is 50.3 Å². The molecule has 1 saturated heterocycles. The van der Waals surface area contributed by atoms with Crippen molar-refractivity contribution in [1.82, 2.24) is 9.97 Å². The Labute approximate surface area is 125 Å². The highest BCUT2D eigenvalue weighted by Gasteiger charge is 2.16. The van der Waals surface area contributed by atoms with Gasteiger partial charge < -0.3 is 15.0 Å². The van der Waals surface area contributed by atoms with Crippen molar-refractivity contribution >= 4 is 11.5 Å². The van der Waals surface area contributed by atoms with Gasteiger partial charge in [0.2, 0.25) is 5.88 Å². The van der Waals surface area contributed by atoms with Gasteiger partial charge >= 0.3 is 0 Å². The fraction of sp³-hybridized carbons (Fsp3) is 0.375. The van der Waals surface area contributed by atoms with E-state index in [4.69, 9.17) is 4.74 Å². The molecule has 3 rings (SSSR count). The third-order valence-electron chi connectivity index (χ3n) is 3.68. The van der Waals surface area contributed by atoms with Crippen LogP contribution in [-0.2, 0) is 6.54 Å². The van der Waals surface area contributed by atoms with Gasteiger partial charge in [0.15, 0.2) is 5.82 Å². The van der Waals surface area contributed by atoms with Crippen molar-refractivity contribution in [2.24, 2.45) is 0 Å². The molecule has 3 heterocycles. The minimum atomic E-state index is 0.637. The average Bonchev–Trinajstić information content (AvgIpc) is 3.08. The molecule has 1 N–H and O–H groups in total. The predicted octanol–water partition coefficient (Wildman–Crippen LogP) is 2.70. The summed E-state index contributed by atoms with van der Waals surface area (Å²) in [5.41, 5.74) is 2.20. The van der Waals surface area contributed by atoms with Crippen molar-refractivity contribution in [2.75, 3.05) is 30.4 Å². The molecule has 0 saturated carbocycles. The van der Waals surface area contributed by atoms with Crippen molar-refractivity contribution in [2.45, 2.75) is 19.4 Å². The van der Waals surface area contributed by atoms with E-state index in [1.807, 2.05) is 30.6 Å². The first-order valence-corrected chi connectivity index (χ1v) is 7.29. The Hall–Kier alpha value is -2.30. The number of anilines is 2. The maximum atomic E-state index is 5.07. The van der Waals surface area contributed by atoms with Gasteiger partial charge in [0.25, 0.3) is 0 Å². The molecule has 110 valence electrons. The molecule has 1 aliphatic heterocycles. The van der Waals surface area contributed by atoms with Gasteiger partial charge in [-0.25, -0.2) is 9.97 Å². The molecule has 2 aromatic heterocycles. The molecule has 5 nitrogen and oxygen atoms in total. The highest BCUT2D eigenvalue weighted by atomic mass is 16.5. The number of methoxy groups -OCH3 is 1. The second-order valence-corrected chi connectivity index (χ2v) is 5.13. The third-order valence-corrected chi connectivity index (χ3v) is 3.68. The molecular formula is C16H20N4O. The Bertz CT molecular complexity index is 579. The summed E-state index contributed by atoms with van der Waals surface area (Å²) < 4.78 is 5.07. The number of hydrogen-bond donors (Lipinski definition) is 1. The molecule has 1 fully saturated rings. The van der Waals surface area contributed by atoms with Crippen molar-refractivity contribution < 1.29 is 4.74 Å². The van der Waals surface area contributed by atoms with Crippen LogP contribution >= 0.6 is 0 Å². The fourth-order valence-electron chi connectivity index (χ4n) is 2.55.